The lowest BCUT2D eigenvalue weighted by molar-refractivity contribution is -0.0191. The number of aromatic hydroxyl groups is 2. The highest BCUT2D eigenvalue weighted by Crippen LogP contribution is 2.48. The third-order valence-electron chi connectivity index (χ3n) is 5.65. The van der Waals surface area contributed by atoms with Gasteiger partial charge in [0.1, 0.15) is 11.5 Å². The summed E-state index contributed by atoms with van der Waals surface area (Å²) in [7, 11) is 1.52. The third kappa shape index (κ3) is 2.92. The highest BCUT2D eigenvalue weighted by molar-refractivity contribution is 6.04. The van der Waals surface area contributed by atoms with Crippen molar-refractivity contribution in [2.24, 2.45) is 5.10 Å². The predicted molar refractivity (Wildman–Crippen MR) is 113 cm³/mol. The molecule has 2 N–H and O–H groups in total. The summed E-state index contributed by atoms with van der Waals surface area (Å²) >= 11 is 0. The first kappa shape index (κ1) is 18.4. The van der Waals surface area contributed by atoms with E-state index in [4.69, 9.17) is 14.6 Å². The zero-order chi connectivity index (χ0) is 20.8. The zero-order valence-corrected chi connectivity index (χ0v) is 16.7. The Balaban J connectivity index is 1.62. The van der Waals surface area contributed by atoms with Gasteiger partial charge in [0.2, 0.25) is 6.23 Å². The van der Waals surface area contributed by atoms with E-state index in [1.807, 2.05) is 48.3 Å². The highest BCUT2D eigenvalue weighted by Gasteiger charge is 2.41. The Kier molecular flexibility index (Phi) is 4.28. The predicted octanol–water partition coefficient (Wildman–Crippen LogP) is 4.66. The Labute approximate surface area is 174 Å². The topological polar surface area (TPSA) is 74.5 Å². The van der Waals surface area contributed by atoms with E-state index in [0.29, 0.717) is 12.2 Å². The molecule has 2 aliphatic rings. The molecule has 6 heteroatoms. The number of benzene rings is 3. The van der Waals surface area contributed by atoms with Crippen LogP contribution in [-0.2, 0) is 0 Å². The van der Waals surface area contributed by atoms with Gasteiger partial charge in [0, 0.05) is 23.1 Å². The number of para-hydroxylation sites is 1. The van der Waals surface area contributed by atoms with E-state index in [1.165, 1.54) is 7.11 Å². The second-order valence-corrected chi connectivity index (χ2v) is 7.61. The maximum Gasteiger partial charge on any atom is 0.214 e. The summed E-state index contributed by atoms with van der Waals surface area (Å²) in [5, 5.41) is 27.2. The molecule has 2 atom stereocenters. The number of hydrogen-bond acceptors (Lipinski definition) is 6. The number of phenols is 2. The molecule has 152 valence electrons. The van der Waals surface area contributed by atoms with E-state index in [-0.39, 0.29) is 17.5 Å². The Hall–Kier alpha value is -3.67. The minimum Gasteiger partial charge on any atom is -0.507 e. The van der Waals surface area contributed by atoms with E-state index < -0.39 is 6.23 Å². The lowest BCUT2D eigenvalue weighted by Crippen LogP contribution is -2.33. The van der Waals surface area contributed by atoms with Crippen LogP contribution in [0.3, 0.4) is 0 Å². The molecule has 2 aliphatic heterocycles. The van der Waals surface area contributed by atoms with E-state index >= 15 is 0 Å². The van der Waals surface area contributed by atoms with E-state index in [9.17, 15) is 10.2 Å². The molecular weight excluding hydrogens is 380 g/mol. The fraction of sp³-hybridized carbons (Fsp3) is 0.208. The molecule has 0 fully saturated rings. The number of methoxy groups -OCH3 is 1. The largest absolute Gasteiger partial charge is 0.507 e. The van der Waals surface area contributed by atoms with Crippen LogP contribution in [-0.4, -0.2) is 28.0 Å². The average Bonchev–Trinajstić information content (AvgIpc) is 3.21. The number of rotatable bonds is 3. The van der Waals surface area contributed by atoms with Crippen LogP contribution >= 0.6 is 0 Å². The van der Waals surface area contributed by atoms with Gasteiger partial charge in [-0.25, -0.2) is 5.01 Å². The number of ether oxygens (including phenoxy) is 2. The molecular formula is C24H22N2O4. The quantitative estimate of drug-likeness (QED) is 0.667. The van der Waals surface area contributed by atoms with Crippen molar-refractivity contribution < 1.29 is 19.7 Å². The Morgan fingerprint density at radius 3 is 2.67 bits per heavy atom. The molecule has 6 nitrogen and oxygen atoms in total. The van der Waals surface area contributed by atoms with Crippen LogP contribution in [0.25, 0.3) is 0 Å². The van der Waals surface area contributed by atoms with Crippen LogP contribution in [0, 0.1) is 6.92 Å². The smallest absolute Gasteiger partial charge is 0.214 e. The number of nitrogens with zero attached hydrogens (tertiary/aromatic N) is 2. The van der Waals surface area contributed by atoms with E-state index in [2.05, 4.69) is 6.07 Å². The summed E-state index contributed by atoms with van der Waals surface area (Å²) in [5.74, 6) is 1.48. The lowest BCUT2D eigenvalue weighted by Gasteiger charge is -2.38. The second kappa shape index (κ2) is 6.99. The molecule has 0 saturated heterocycles. The van der Waals surface area contributed by atoms with Gasteiger partial charge >= 0.3 is 0 Å². The molecule has 0 aliphatic carbocycles. The minimum absolute atomic E-state index is 0.0188. The number of aryl methyl sites for hydroxylation is 1. The summed E-state index contributed by atoms with van der Waals surface area (Å²) < 4.78 is 11.6. The standard InChI is InChI=1S/C24H22N2O4/c1-14-7-9-20(27)17(11-14)18-13-19-16-5-3-4-6-22(16)30-24(26(19)25-18)15-8-10-21(28)23(12-15)29-2/h3-12,19,24,27-28H,13H2,1-2H3/t19-,24-/m0/s1. The molecule has 0 radical (unpaired) electrons. The van der Waals surface area contributed by atoms with E-state index in [0.717, 1.165) is 33.7 Å². The molecule has 0 spiro atoms. The molecule has 0 amide bonds. The van der Waals surface area contributed by atoms with Crippen molar-refractivity contribution in [2.45, 2.75) is 25.6 Å². The summed E-state index contributed by atoms with van der Waals surface area (Å²) in [6, 6.07) is 18.6. The number of hydrazone groups is 1. The van der Waals surface area contributed by atoms with Crippen molar-refractivity contribution in [3.05, 3.63) is 82.9 Å². The van der Waals surface area contributed by atoms with Gasteiger partial charge in [0.05, 0.1) is 18.9 Å². The molecule has 0 saturated carbocycles. The second-order valence-electron chi connectivity index (χ2n) is 7.61. The fourth-order valence-corrected chi connectivity index (χ4v) is 4.15. The summed E-state index contributed by atoms with van der Waals surface area (Å²) in [6.07, 6.45) is 0.173. The van der Waals surface area contributed by atoms with Gasteiger partial charge in [-0.05, 0) is 43.3 Å². The van der Waals surface area contributed by atoms with Crippen molar-refractivity contribution in [2.75, 3.05) is 7.11 Å². The lowest BCUT2D eigenvalue weighted by atomic mass is 9.95. The minimum atomic E-state index is -0.483. The van der Waals surface area contributed by atoms with Crippen molar-refractivity contribution in [1.82, 2.24) is 5.01 Å². The number of fused-ring (bicyclic) bond motifs is 3. The molecule has 0 aromatic heterocycles. The first-order valence-electron chi connectivity index (χ1n) is 9.83. The zero-order valence-electron chi connectivity index (χ0n) is 16.7. The SMILES string of the molecule is COc1cc([C@@H]2Oc3ccccc3[C@@H]3CC(c4cc(C)ccc4O)=NN32)ccc1O. The van der Waals surface area contributed by atoms with Crippen LogP contribution in [0.2, 0.25) is 0 Å². The molecule has 5 rings (SSSR count). The molecule has 3 aromatic rings. The van der Waals surface area contributed by atoms with Crippen molar-refractivity contribution in [3.63, 3.8) is 0 Å². The van der Waals surface area contributed by atoms with Crippen LogP contribution < -0.4 is 9.47 Å². The van der Waals surface area contributed by atoms with Crippen molar-refractivity contribution in [1.29, 1.82) is 0 Å². The maximum atomic E-state index is 10.4. The van der Waals surface area contributed by atoms with Gasteiger partial charge in [0.25, 0.3) is 0 Å². The maximum absolute atomic E-state index is 10.4. The fourth-order valence-electron chi connectivity index (χ4n) is 4.15. The van der Waals surface area contributed by atoms with Crippen LogP contribution in [0.4, 0.5) is 0 Å². The summed E-state index contributed by atoms with van der Waals surface area (Å²) in [5.41, 5.74) is 4.50. The molecule has 0 unspecified atom stereocenters. The van der Waals surface area contributed by atoms with Gasteiger partial charge in [-0.2, -0.15) is 5.10 Å². The normalized spacial score (nSPS) is 19.5. The Bertz CT molecular complexity index is 1160. The molecule has 3 aromatic carbocycles. The first-order valence-corrected chi connectivity index (χ1v) is 9.83. The van der Waals surface area contributed by atoms with Gasteiger partial charge in [-0.3, -0.25) is 0 Å². The van der Waals surface area contributed by atoms with Gasteiger partial charge in [-0.1, -0.05) is 29.8 Å². The summed E-state index contributed by atoms with van der Waals surface area (Å²) in [4.78, 5) is 0. The van der Waals surface area contributed by atoms with Crippen LogP contribution in [0.5, 0.6) is 23.0 Å². The Morgan fingerprint density at radius 1 is 1.03 bits per heavy atom. The van der Waals surface area contributed by atoms with Crippen LogP contribution in [0.15, 0.2) is 65.8 Å². The molecule has 0 bridgehead atoms. The van der Waals surface area contributed by atoms with Crippen molar-refractivity contribution in [3.8, 4) is 23.0 Å². The third-order valence-corrected chi connectivity index (χ3v) is 5.65. The van der Waals surface area contributed by atoms with Crippen LogP contribution in [0.1, 0.15) is 40.9 Å². The highest BCUT2D eigenvalue weighted by atomic mass is 16.5. The first-order chi connectivity index (χ1) is 14.5. The molecule has 30 heavy (non-hydrogen) atoms. The van der Waals surface area contributed by atoms with E-state index in [1.54, 1.807) is 18.2 Å². The molecule has 2 heterocycles. The van der Waals surface area contributed by atoms with Gasteiger partial charge in [0.15, 0.2) is 11.5 Å². The Morgan fingerprint density at radius 2 is 1.83 bits per heavy atom. The number of phenolic OH excluding ortho intramolecular Hbond substituents is 2. The number of hydrogen-bond donors (Lipinski definition) is 2. The van der Waals surface area contributed by atoms with Crippen molar-refractivity contribution >= 4 is 5.71 Å². The monoisotopic (exact) mass is 402 g/mol. The van der Waals surface area contributed by atoms with Gasteiger partial charge in [-0.15, -0.1) is 0 Å². The van der Waals surface area contributed by atoms with Gasteiger partial charge < -0.3 is 19.7 Å². The summed E-state index contributed by atoms with van der Waals surface area (Å²) in [6.45, 7) is 2.00. The average molecular weight is 402 g/mol.